The summed E-state index contributed by atoms with van der Waals surface area (Å²) in [5, 5.41) is 11.5. The van der Waals surface area contributed by atoms with E-state index in [1.165, 1.54) is 53.8 Å². The van der Waals surface area contributed by atoms with Gasteiger partial charge in [0.2, 0.25) is 5.13 Å². The number of sulfonamides is 1. The molecule has 28 heavy (non-hydrogen) atoms. The number of halogens is 1. The zero-order valence-electron chi connectivity index (χ0n) is 14.2. The van der Waals surface area contributed by atoms with E-state index < -0.39 is 21.8 Å². The van der Waals surface area contributed by atoms with Crippen LogP contribution in [0.1, 0.15) is 25.7 Å². The Hall–Kier alpha value is -2.82. The number of hydrogen-bond donors (Lipinski definition) is 1. The summed E-state index contributed by atoms with van der Waals surface area (Å²) in [4.78, 5) is 24.9. The maximum Gasteiger partial charge on any atom is 0.273 e. The van der Waals surface area contributed by atoms with Crippen LogP contribution in [0.2, 0.25) is 5.02 Å². The minimum absolute atomic E-state index is 0.00161. The van der Waals surface area contributed by atoms with Crippen molar-refractivity contribution in [1.82, 2.24) is 10.2 Å². The molecule has 0 unspecified atom stereocenters. The Morgan fingerprint density at radius 2 is 1.86 bits per heavy atom. The molecule has 0 spiro atoms. The number of aromatic nitrogens is 2. The number of hydrogen-bond acceptors (Lipinski definition) is 7. The molecule has 0 radical (unpaired) electrons. The van der Waals surface area contributed by atoms with E-state index in [1.54, 1.807) is 6.92 Å². The van der Waals surface area contributed by atoms with Crippen LogP contribution in [0.25, 0.3) is 0 Å². The van der Waals surface area contributed by atoms with Crippen molar-refractivity contribution in [2.45, 2.75) is 11.8 Å². The molecule has 0 bridgehead atoms. The summed E-state index contributed by atoms with van der Waals surface area (Å²) in [5.74, 6) is -1.24. The summed E-state index contributed by atoms with van der Waals surface area (Å²) in [7, 11) is -4.15. The molecule has 142 valence electrons. The van der Waals surface area contributed by atoms with Crippen LogP contribution < -0.4 is 9.62 Å². The third-order valence-electron chi connectivity index (χ3n) is 3.98. The molecule has 11 heteroatoms. The lowest BCUT2D eigenvalue weighted by atomic mass is 10.1. The predicted octanol–water partition coefficient (Wildman–Crippen LogP) is 3.10. The Balaban J connectivity index is 1.71. The van der Waals surface area contributed by atoms with E-state index in [2.05, 4.69) is 15.5 Å². The molecule has 8 nitrogen and oxygen atoms in total. The minimum atomic E-state index is -4.15. The number of nitrogens with zero attached hydrogens (tertiary/aromatic N) is 3. The number of benzene rings is 2. The molecule has 4 rings (SSSR count). The van der Waals surface area contributed by atoms with Crippen LogP contribution in [-0.4, -0.2) is 30.4 Å². The SMILES string of the molecule is Cc1nnc(NC(=O)c2ccc3c(c2)S(=O)(=O)N(c2ccc(Cl)cc2)C3=O)s1. The average Bonchev–Trinajstić information content (AvgIpc) is 3.15. The smallest absolute Gasteiger partial charge is 0.273 e. The third kappa shape index (κ3) is 3.05. The second-order valence-electron chi connectivity index (χ2n) is 5.84. The van der Waals surface area contributed by atoms with E-state index in [0.29, 0.717) is 19.5 Å². The quantitative estimate of drug-likeness (QED) is 0.678. The van der Waals surface area contributed by atoms with Crippen LogP contribution in [0.3, 0.4) is 0 Å². The lowest BCUT2D eigenvalue weighted by Crippen LogP contribution is -2.29. The molecule has 1 N–H and O–H groups in total. The Bertz CT molecular complexity index is 1220. The maximum atomic E-state index is 12.9. The first-order valence-corrected chi connectivity index (χ1v) is 10.5. The highest BCUT2D eigenvalue weighted by Crippen LogP contribution is 2.35. The molecule has 0 aliphatic carbocycles. The Morgan fingerprint density at radius 3 is 2.50 bits per heavy atom. The van der Waals surface area contributed by atoms with Crippen molar-refractivity contribution in [3.63, 3.8) is 0 Å². The molecule has 2 amide bonds. The lowest BCUT2D eigenvalue weighted by molar-refractivity contribution is 0.100. The molecule has 2 heterocycles. The Kier molecular flexibility index (Phi) is 4.41. The number of anilines is 2. The Labute approximate surface area is 168 Å². The van der Waals surface area contributed by atoms with Gasteiger partial charge in [-0.1, -0.05) is 22.9 Å². The summed E-state index contributed by atoms with van der Waals surface area (Å²) >= 11 is 7.02. The van der Waals surface area contributed by atoms with E-state index in [4.69, 9.17) is 11.6 Å². The molecule has 2 aromatic carbocycles. The molecular formula is C17H11ClN4O4S2. The first-order valence-electron chi connectivity index (χ1n) is 7.88. The van der Waals surface area contributed by atoms with Gasteiger partial charge in [0.25, 0.3) is 21.8 Å². The molecule has 0 atom stereocenters. The van der Waals surface area contributed by atoms with Crippen molar-refractivity contribution in [2.75, 3.05) is 9.62 Å². The molecule has 3 aromatic rings. The summed E-state index contributed by atoms with van der Waals surface area (Å²) in [6.45, 7) is 1.74. The van der Waals surface area contributed by atoms with Crippen LogP contribution in [0.5, 0.6) is 0 Å². The summed E-state index contributed by atoms with van der Waals surface area (Å²) in [5.41, 5.74) is 0.250. The van der Waals surface area contributed by atoms with Crippen LogP contribution in [0, 0.1) is 6.92 Å². The highest BCUT2D eigenvalue weighted by atomic mass is 35.5. The fraction of sp³-hybridized carbons (Fsp3) is 0.0588. The molecular weight excluding hydrogens is 424 g/mol. The van der Waals surface area contributed by atoms with Crippen molar-refractivity contribution in [3.8, 4) is 0 Å². The van der Waals surface area contributed by atoms with Gasteiger partial charge in [-0.3, -0.25) is 14.9 Å². The van der Waals surface area contributed by atoms with Gasteiger partial charge in [0.15, 0.2) is 0 Å². The van der Waals surface area contributed by atoms with Crippen LogP contribution in [0.15, 0.2) is 47.4 Å². The Morgan fingerprint density at radius 1 is 1.14 bits per heavy atom. The monoisotopic (exact) mass is 434 g/mol. The highest BCUT2D eigenvalue weighted by Gasteiger charge is 2.42. The van der Waals surface area contributed by atoms with E-state index in [-0.39, 0.29) is 21.7 Å². The number of carbonyl (C=O) groups is 2. The fourth-order valence-electron chi connectivity index (χ4n) is 2.72. The summed E-state index contributed by atoms with van der Waals surface area (Å²) in [6.07, 6.45) is 0. The number of amides is 2. The van der Waals surface area contributed by atoms with Gasteiger partial charge in [-0.15, -0.1) is 10.2 Å². The van der Waals surface area contributed by atoms with Crippen molar-refractivity contribution < 1.29 is 18.0 Å². The van der Waals surface area contributed by atoms with Gasteiger partial charge in [0.05, 0.1) is 11.3 Å². The largest absolute Gasteiger partial charge is 0.296 e. The average molecular weight is 435 g/mol. The van der Waals surface area contributed by atoms with Gasteiger partial charge in [-0.2, -0.15) is 4.31 Å². The second-order valence-corrected chi connectivity index (χ2v) is 9.22. The van der Waals surface area contributed by atoms with Gasteiger partial charge < -0.3 is 0 Å². The first-order chi connectivity index (χ1) is 13.3. The van der Waals surface area contributed by atoms with E-state index in [1.807, 2.05) is 0 Å². The standard InChI is InChI=1S/C17H11ClN4O4S2/c1-9-20-21-17(27-9)19-15(23)10-2-7-13-14(8-10)28(25,26)22(16(13)24)12-5-3-11(18)4-6-12/h2-8H,1H3,(H,19,21,23). The van der Waals surface area contributed by atoms with Crippen LogP contribution in [-0.2, 0) is 10.0 Å². The van der Waals surface area contributed by atoms with Gasteiger partial charge >= 0.3 is 0 Å². The first kappa shape index (κ1) is 18.5. The van der Waals surface area contributed by atoms with Crippen molar-refractivity contribution in [3.05, 3.63) is 63.6 Å². The lowest BCUT2D eigenvalue weighted by Gasteiger charge is -2.14. The van der Waals surface area contributed by atoms with Crippen molar-refractivity contribution >= 4 is 55.6 Å². The third-order valence-corrected chi connectivity index (χ3v) is 6.74. The number of carbonyl (C=O) groups excluding carboxylic acids is 2. The van der Waals surface area contributed by atoms with Gasteiger partial charge in [0.1, 0.15) is 9.90 Å². The van der Waals surface area contributed by atoms with Gasteiger partial charge in [-0.25, -0.2) is 8.42 Å². The predicted molar refractivity (Wildman–Crippen MR) is 104 cm³/mol. The molecule has 0 saturated carbocycles. The number of rotatable bonds is 3. The molecule has 0 fully saturated rings. The maximum absolute atomic E-state index is 12.9. The van der Waals surface area contributed by atoms with Crippen LogP contribution >= 0.6 is 22.9 Å². The fourth-order valence-corrected chi connectivity index (χ4v) is 5.05. The number of aryl methyl sites for hydroxylation is 1. The molecule has 1 aromatic heterocycles. The zero-order valence-corrected chi connectivity index (χ0v) is 16.6. The minimum Gasteiger partial charge on any atom is -0.296 e. The van der Waals surface area contributed by atoms with E-state index >= 15 is 0 Å². The van der Waals surface area contributed by atoms with Gasteiger partial charge in [-0.05, 0) is 49.4 Å². The van der Waals surface area contributed by atoms with Crippen molar-refractivity contribution in [1.29, 1.82) is 0 Å². The van der Waals surface area contributed by atoms with Crippen molar-refractivity contribution in [2.24, 2.45) is 0 Å². The van der Waals surface area contributed by atoms with E-state index in [0.717, 1.165) is 0 Å². The van der Waals surface area contributed by atoms with E-state index in [9.17, 15) is 18.0 Å². The van der Waals surface area contributed by atoms with Gasteiger partial charge in [0, 0.05) is 10.6 Å². The highest BCUT2D eigenvalue weighted by molar-refractivity contribution is 7.94. The summed E-state index contributed by atoms with van der Waals surface area (Å²) < 4.78 is 26.6. The molecule has 0 saturated heterocycles. The molecule has 1 aliphatic heterocycles. The second kappa shape index (κ2) is 6.66. The number of nitrogens with one attached hydrogen (secondary N) is 1. The topological polar surface area (TPSA) is 109 Å². The summed E-state index contributed by atoms with van der Waals surface area (Å²) in [6, 6.07) is 9.76. The zero-order chi connectivity index (χ0) is 20.1. The number of fused-ring (bicyclic) bond motifs is 1. The molecule has 1 aliphatic rings. The van der Waals surface area contributed by atoms with Crippen LogP contribution in [0.4, 0.5) is 10.8 Å². The normalized spacial score (nSPS) is 14.8.